The van der Waals surface area contributed by atoms with Crippen LogP contribution in [-0.4, -0.2) is 35.0 Å². The molecule has 3 rings (SSSR count). The number of hydrogen-bond donors (Lipinski definition) is 0. The van der Waals surface area contributed by atoms with Crippen LogP contribution in [-0.2, 0) is 16.1 Å². The Morgan fingerprint density at radius 3 is 2.46 bits per heavy atom. The molecule has 0 atom stereocenters. The summed E-state index contributed by atoms with van der Waals surface area (Å²) in [5.74, 6) is -0.753. The number of amides is 1. The lowest BCUT2D eigenvalue weighted by Gasteiger charge is -2.18. The Hall–Kier alpha value is -3.34. The van der Waals surface area contributed by atoms with Crippen molar-refractivity contribution in [3.05, 3.63) is 89.2 Å². The highest BCUT2D eigenvalue weighted by atomic mass is 16.5. The summed E-state index contributed by atoms with van der Waals surface area (Å²) in [6.07, 6.45) is 3.80. The number of hydrogen-bond acceptors (Lipinski definition) is 3. The van der Waals surface area contributed by atoms with Crippen LogP contribution in [0.3, 0.4) is 0 Å². The zero-order valence-electron chi connectivity index (χ0n) is 16.4. The third-order valence-electron chi connectivity index (χ3n) is 4.64. The average Bonchev–Trinajstić information content (AvgIpc) is 3.23. The molecule has 28 heavy (non-hydrogen) atoms. The number of carbonyl (C=O) groups excluding carboxylic acids is 2. The van der Waals surface area contributed by atoms with Gasteiger partial charge in [-0.3, -0.25) is 4.79 Å². The van der Waals surface area contributed by atoms with Crippen molar-refractivity contribution < 1.29 is 14.3 Å². The summed E-state index contributed by atoms with van der Waals surface area (Å²) in [6.45, 7) is 4.26. The van der Waals surface area contributed by atoms with Crippen LogP contribution in [0.4, 0.5) is 0 Å². The second-order valence-electron chi connectivity index (χ2n) is 6.90. The minimum Gasteiger partial charge on any atom is -0.452 e. The number of aromatic nitrogens is 1. The molecular weight excluding hydrogens is 352 g/mol. The van der Waals surface area contributed by atoms with Crippen LogP contribution >= 0.6 is 0 Å². The third kappa shape index (κ3) is 4.68. The van der Waals surface area contributed by atoms with Crippen molar-refractivity contribution in [1.29, 1.82) is 0 Å². The fourth-order valence-electron chi connectivity index (χ4n) is 2.99. The highest BCUT2D eigenvalue weighted by molar-refractivity contribution is 5.91. The topological polar surface area (TPSA) is 51.5 Å². The van der Waals surface area contributed by atoms with Crippen LogP contribution in [0.25, 0.3) is 5.69 Å². The minimum absolute atomic E-state index is 0.241. The Morgan fingerprint density at radius 2 is 1.75 bits per heavy atom. The molecule has 0 aliphatic rings. The maximum Gasteiger partial charge on any atom is 0.338 e. The van der Waals surface area contributed by atoms with Crippen LogP contribution in [0.5, 0.6) is 0 Å². The second kappa shape index (κ2) is 8.57. The lowest BCUT2D eigenvalue weighted by Crippen LogP contribution is -2.31. The first kappa shape index (κ1) is 19.4. The number of rotatable bonds is 6. The van der Waals surface area contributed by atoms with Crippen LogP contribution in [0, 0.1) is 13.8 Å². The summed E-state index contributed by atoms with van der Waals surface area (Å²) in [5, 5.41) is 0. The first-order valence-electron chi connectivity index (χ1n) is 9.14. The van der Waals surface area contributed by atoms with Crippen LogP contribution in [0.2, 0.25) is 0 Å². The largest absolute Gasteiger partial charge is 0.452 e. The Bertz CT molecular complexity index is 977. The second-order valence-corrected chi connectivity index (χ2v) is 6.90. The smallest absolute Gasteiger partial charge is 0.338 e. The number of ether oxygens (including phenoxy) is 1. The van der Waals surface area contributed by atoms with Gasteiger partial charge in [0.2, 0.25) is 0 Å². The predicted octanol–water partition coefficient (Wildman–Crippen LogP) is 3.91. The molecule has 5 heteroatoms. The lowest BCUT2D eigenvalue weighted by atomic mass is 10.1. The Morgan fingerprint density at radius 1 is 1.00 bits per heavy atom. The summed E-state index contributed by atoms with van der Waals surface area (Å²) in [5.41, 5.74) is 4.67. The molecule has 1 aromatic heterocycles. The molecule has 0 bridgehead atoms. The van der Waals surface area contributed by atoms with Crippen molar-refractivity contribution in [2.45, 2.75) is 20.4 Å². The van der Waals surface area contributed by atoms with Crippen molar-refractivity contribution in [1.82, 2.24) is 9.47 Å². The van der Waals surface area contributed by atoms with Gasteiger partial charge in [0.25, 0.3) is 5.91 Å². The summed E-state index contributed by atoms with van der Waals surface area (Å²) in [4.78, 5) is 26.3. The van der Waals surface area contributed by atoms with E-state index in [4.69, 9.17) is 4.74 Å². The maximum absolute atomic E-state index is 12.4. The quantitative estimate of drug-likeness (QED) is 0.613. The van der Waals surface area contributed by atoms with E-state index in [9.17, 15) is 9.59 Å². The monoisotopic (exact) mass is 376 g/mol. The van der Waals surface area contributed by atoms with E-state index in [2.05, 4.69) is 6.07 Å². The molecule has 144 valence electrons. The minimum atomic E-state index is -0.512. The average molecular weight is 376 g/mol. The van der Waals surface area contributed by atoms with Crippen molar-refractivity contribution in [3.63, 3.8) is 0 Å². The molecule has 1 heterocycles. The number of esters is 1. The summed E-state index contributed by atoms with van der Waals surface area (Å²) < 4.78 is 7.13. The Labute approximate surface area is 165 Å². The number of likely N-dealkylation sites (N-methyl/N-ethyl adjacent to an activating group) is 1. The van der Waals surface area contributed by atoms with E-state index in [-0.39, 0.29) is 12.5 Å². The van der Waals surface area contributed by atoms with E-state index in [1.807, 2.05) is 61.1 Å². The van der Waals surface area contributed by atoms with E-state index in [1.165, 1.54) is 5.56 Å². The summed E-state index contributed by atoms with van der Waals surface area (Å²) in [6, 6.07) is 17.1. The van der Waals surface area contributed by atoms with E-state index in [0.717, 1.165) is 16.8 Å². The molecule has 0 unspecified atom stereocenters. The van der Waals surface area contributed by atoms with Gasteiger partial charge >= 0.3 is 5.97 Å². The van der Waals surface area contributed by atoms with Gasteiger partial charge in [-0.25, -0.2) is 4.79 Å². The molecule has 1 amide bonds. The van der Waals surface area contributed by atoms with Crippen molar-refractivity contribution in [2.24, 2.45) is 0 Å². The first-order valence-corrected chi connectivity index (χ1v) is 9.14. The maximum atomic E-state index is 12.4. The van der Waals surface area contributed by atoms with Crippen LogP contribution < -0.4 is 0 Å². The van der Waals surface area contributed by atoms with Gasteiger partial charge in [-0.2, -0.15) is 0 Å². The van der Waals surface area contributed by atoms with Gasteiger partial charge in [0, 0.05) is 31.7 Å². The van der Waals surface area contributed by atoms with Gasteiger partial charge in [0.05, 0.1) is 5.56 Å². The predicted molar refractivity (Wildman–Crippen MR) is 108 cm³/mol. The molecule has 0 spiro atoms. The van der Waals surface area contributed by atoms with Crippen LogP contribution in [0.1, 0.15) is 27.0 Å². The molecule has 0 aliphatic carbocycles. The van der Waals surface area contributed by atoms with Crippen molar-refractivity contribution in [3.8, 4) is 5.69 Å². The van der Waals surface area contributed by atoms with Gasteiger partial charge in [-0.1, -0.05) is 29.8 Å². The molecule has 0 fully saturated rings. The van der Waals surface area contributed by atoms with Crippen LogP contribution in [0.15, 0.2) is 67.0 Å². The van der Waals surface area contributed by atoms with Crippen molar-refractivity contribution in [2.75, 3.05) is 13.7 Å². The molecule has 2 aromatic carbocycles. The zero-order chi connectivity index (χ0) is 20.1. The summed E-state index contributed by atoms with van der Waals surface area (Å²) >= 11 is 0. The van der Waals surface area contributed by atoms with E-state index < -0.39 is 5.97 Å². The Balaban J connectivity index is 1.58. The molecule has 0 saturated carbocycles. The van der Waals surface area contributed by atoms with E-state index in [1.54, 1.807) is 30.1 Å². The van der Waals surface area contributed by atoms with Gasteiger partial charge < -0.3 is 14.2 Å². The Kier molecular flexibility index (Phi) is 5.94. The highest BCUT2D eigenvalue weighted by Gasteiger charge is 2.15. The normalized spacial score (nSPS) is 10.5. The zero-order valence-corrected chi connectivity index (χ0v) is 16.4. The number of aryl methyl sites for hydroxylation is 2. The van der Waals surface area contributed by atoms with Gasteiger partial charge in [0.15, 0.2) is 6.61 Å². The van der Waals surface area contributed by atoms with E-state index >= 15 is 0 Å². The molecule has 5 nitrogen and oxygen atoms in total. The van der Waals surface area contributed by atoms with Gasteiger partial charge in [0.1, 0.15) is 0 Å². The molecule has 0 aliphatic heterocycles. The van der Waals surface area contributed by atoms with E-state index in [0.29, 0.717) is 12.1 Å². The molecule has 0 saturated heterocycles. The highest BCUT2D eigenvalue weighted by Crippen LogP contribution is 2.14. The van der Waals surface area contributed by atoms with Gasteiger partial charge in [-0.05, 0) is 55.3 Å². The number of benzene rings is 2. The molecular formula is C23H24N2O3. The van der Waals surface area contributed by atoms with Crippen molar-refractivity contribution >= 4 is 11.9 Å². The SMILES string of the molecule is Cc1ccc(CN(C)C(=O)COC(=O)c2cccc(-n3cccc3)c2)c(C)c1. The first-order chi connectivity index (χ1) is 13.4. The molecule has 0 radical (unpaired) electrons. The van der Waals surface area contributed by atoms with Gasteiger partial charge in [-0.15, -0.1) is 0 Å². The molecule has 3 aromatic rings. The fourth-order valence-corrected chi connectivity index (χ4v) is 2.99. The lowest BCUT2D eigenvalue weighted by molar-refractivity contribution is -0.133. The fraction of sp³-hybridized carbons (Fsp3) is 0.217. The summed E-state index contributed by atoms with van der Waals surface area (Å²) in [7, 11) is 1.71. The molecule has 0 N–H and O–H groups in total. The number of nitrogens with zero attached hydrogens (tertiary/aromatic N) is 2. The number of carbonyl (C=O) groups is 2. The third-order valence-corrected chi connectivity index (χ3v) is 4.64. The standard InChI is InChI=1S/C23H24N2O3/c1-17-9-10-20(18(2)13-17)15-24(3)22(26)16-28-23(27)19-7-6-8-21(14-19)25-11-4-5-12-25/h4-14H,15-16H2,1-3H3.